The predicted molar refractivity (Wildman–Crippen MR) is 224 cm³/mol. The Morgan fingerprint density at radius 2 is 1.11 bits per heavy atom. The Hall–Kier alpha value is -5.70. The summed E-state index contributed by atoms with van der Waals surface area (Å²) in [6.45, 7) is 8.04. The summed E-state index contributed by atoms with van der Waals surface area (Å²) < 4.78 is 49.3. The summed E-state index contributed by atoms with van der Waals surface area (Å²) in [5, 5.41) is 12.3. The van der Waals surface area contributed by atoms with Gasteiger partial charge in [0.2, 0.25) is 0 Å². The number of hydrogen-bond donors (Lipinski definition) is 1. The highest BCUT2D eigenvalue weighted by molar-refractivity contribution is 5.91. The summed E-state index contributed by atoms with van der Waals surface area (Å²) in [5.74, 6) is -4.20. The zero-order valence-electron chi connectivity index (χ0n) is 35.1. The number of rotatable bonds is 13. The van der Waals surface area contributed by atoms with Gasteiger partial charge >= 0.3 is 23.9 Å². The third-order valence-corrected chi connectivity index (χ3v) is 11.7. The third kappa shape index (κ3) is 9.98. The maximum atomic E-state index is 14.0. The van der Waals surface area contributed by atoms with Gasteiger partial charge in [-0.3, -0.25) is 0 Å². The summed E-state index contributed by atoms with van der Waals surface area (Å²) in [5.41, 5.74) is -1.26. The van der Waals surface area contributed by atoms with Crippen LogP contribution in [0.5, 0.6) is 0 Å². The Balaban J connectivity index is 1.25. The van der Waals surface area contributed by atoms with Crippen LogP contribution in [0.3, 0.4) is 0 Å². The first-order chi connectivity index (χ1) is 29.8. The second-order valence-electron chi connectivity index (χ2n) is 16.5. The molecule has 7 rings (SSSR count). The van der Waals surface area contributed by atoms with Crippen molar-refractivity contribution >= 4 is 23.9 Å². The van der Waals surface area contributed by atoms with E-state index in [1.165, 1.54) is 0 Å². The highest BCUT2D eigenvalue weighted by Gasteiger charge is 2.59. The van der Waals surface area contributed by atoms with Crippen LogP contribution in [-0.2, 0) is 37.9 Å². The molecule has 62 heavy (non-hydrogen) atoms. The van der Waals surface area contributed by atoms with Crippen LogP contribution in [0.25, 0.3) is 0 Å². The fraction of sp³-hybridized carbons (Fsp3) is 0.388. The molecule has 8 atom stereocenters. The maximum absolute atomic E-state index is 14.0. The number of benzene rings is 4. The molecule has 4 aromatic rings. The first kappa shape index (κ1) is 44.4. The second-order valence-corrected chi connectivity index (χ2v) is 16.5. The molecule has 0 bridgehead atoms. The predicted octanol–water partition coefficient (Wildman–Crippen LogP) is 7.14. The zero-order chi connectivity index (χ0) is 43.9. The van der Waals surface area contributed by atoms with E-state index >= 15 is 0 Å². The van der Waals surface area contributed by atoms with E-state index in [-0.39, 0.29) is 28.2 Å². The van der Waals surface area contributed by atoms with Crippen LogP contribution in [0.15, 0.2) is 133 Å². The normalized spacial score (nSPS) is 26.9. The van der Waals surface area contributed by atoms with Crippen molar-refractivity contribution in [1.29, 1.82) is 0 Å². The molecule has 2 saturated heterocycles. The van der Waals surface area contributed by atoms with Crippen molar-refractivity contribution in [3.05, 3.63) is 156 Å². The highest BCUT2D eigenvalue weighted by Crippen LogP contribution is 2.54. The van der Waals surface area contributed by atoms with E-state index in [2.05, 4.69) is 0 Å². The Labute approximate surface area is 360 Å². The van der Waals surface area contributed by atoms with E-state index in [0.29, 0.717) is 26.1 Å². The van der Waals surface area contributed by atoms with Crippen LogP contribution in [0.1, 0.15) is 82.0 Å². The van der Waals surface area contributed by atoms with Gasteiger partial charge in [0, 0.05) is 18.3 Å². The number of carbonyl (C=O) groups is 4. The van der Waals surface area contributed by atoms with Gasteiger partial charge in [-0.25, -0.2) is 19.2 Å². The number of carbonyl (C=O) groups excluding carboxylic acids is 4. The van der Waals surface area contributed by atoms with Crippen LogP contribution < -0.4 is 0 Å². The van der Waals surface area contributed by atoms with Crippen molar-refractivity contribution < 1.29 is 62.2 Å². The van der Waals surface area contributed by atoms with Crippen LogP contribution in [0, 0.1) is 11.3 Å². The minimum Gasteiger partial charge on any atom is -0.459 e. The van der Waals surface area contributed by atoms with Crippen molar-refractivity contribution in [1.82, 2.24) is 0 Å². The lowest BCUT2D eigenvalue weighted by Gasteiger charge is -2.54. The van der Waals surface area contributed by atoms with E-state index in [1.54, 1.807) is 140 Å². The molecule has 13 heteroatoms. The van der Waals surface area contributed by atoms with Crippen LogP contribution in [0.4, 0.5) is 0 Å². The lowest BCUT2D eigenvalue weighted by molar-refractivity contribution is -0.303. The lowest BCUT2D eigenvalue weighted by atomic mass is 9.58. The summed E-state index contributed by atoms with van der Waals surface area (Å²) >= 11 is 0. The zero-order valence-corrected chi connectivity index (χ0v) is 35.1. The number of aliphatic hydroxyl groups is 1. The van der Waals surface area contributed by atoms with E-state index in [1.807, 2.05) is 20.8 Å². The molecule has 0 amide bonds. The molecule has 0 aromatic heterocycles. The number of esters is 4. The van der Waals surface area contributed by atoms with Gasteiger partial charge in [0.05, 0.1) is 47.2 Å². The molecule has 1 N–H and O–H groups in total. The van der Waals surface area contributed by atoms with Crippen LogP contribution in [-0.4, -0.2) is 97.0 Å². The first-order valence-electron chi connectivity index (χ1n) is 20.8. The summed E-state index contributed by atoms with van der Waals surface area (Å²) in [6, 6.07) is 32.7. The van der Waals surface area contributed by atoms with Gasteiger partial charge in [-0.1, -0.05) is 106 Å². The SMILES string of the molecule is CC(C=CC1(O)C(C)CC2(CC1(C)C)OCCO2)OC1OC(COC(=O)c2ccccc2)C(OC(=O)c2ccccc2)C(OC(=O)c2ccccc2)C1OC(=O)c1ccccc1. The van der Waals surface area contributed by atoms with Gasteiger partial charge in [-0.15, -0.1) is 0 Å². The number of hydrogen-bond acceptors (Lipinski definition) is 13. The fourth-order valence-corrected chi connectivity index (χ4v) is 8.46. The fourth-order valence-electron chi connectivity index (χ4n) is 8.46. The van der Waals surface area contributed by atoms with Gasteiger partial charge in [0.15, 0.2) is 30.4 Å². The Kier molecular flexibility index (Phi) is 13.7. The van der Waals surface area contributed by atoms with E-state index in [4.69, 9.17) is 37.9 Å². The summed E-state index contributed by atoms with van der Waals surface area (Å²) in [7, 11) is 0. The molecular formula is C49H52O13. The highest BCUT2D eigenvalue weighted by atomic mass is 16.7. The maximum Gasteiger partial charge on any atom is 0.338 e. The van der Waals surface area contributed by atoms with Gasteiger partial charge in [-0.2, -0.15) is 0 Å². The van der Waals surface area contributed by atoms with E-state index in [9.17, 15) is 24.3 Å². The molecule has 2 heterocycles. The van der Waals surface area contributed by atoms with Crippen LogP contribution >= 0.6 is 0 Å². The summed E-state index contributed by atoms with van der Waals surface area (Å²) in [4.78, 5) is 55.0. The third-order valence-electron chi connectivity index (χ3n) is 11.7. The van der Waals surface area contributed by atoms with Crippen molar-refractivity contribution in [3.63, 3.8) is 0 Å². The van der Waals surface area contributed by atoms with Crippen molar-refractivity contribution in [2.24, 2.45) is 11.3 Å². The lowest BCUT2D eigenvalue weighted by Crippen LogP contribution is -2.63. The van der Waals surface area contributed by atoms with Crippen molar-refractivity contribution in [3.8, 4) is 0 Å². The Bertz CT molecular complexity index is 2170. The molecule has 1 spiro atoms. The minimum absolute atomic E-state index is 0.161. The molecule has 326 valence electrons. The Morgan fingerprint density at radius 1 is 0.677 bits per heavy atom. The van der Waals surface area contributed by atoms with Crippen molar-refractivity contribution in [2.45, 2.75) is 88.7 Å². The average molecular weight is 849 g/mol. The van der Waals surface area contributed by atoms with Gasteiger partial charge in [0.25, 0.3) is 0 Å². The minimum atomic E-state index is -1.58. The van der Waals surface area contributed by atoms with E-state index < -0.39 is 84.1 Å². The largest absolute Gasteiger partial charge is 0.459 e. The molecule has 1 saturated carbocycles. The summed E-state index contributed by atoms with van der Waals surface area (Å²) in [6.07, 6.45) is -4.04. The average Bonchev–Trinajstić information content (AvgIpc) is 3.73. The second kappa shape index (κ2) is 19.1. The smallest absolute Gasteiger partial charge is 0.338 e. The van der Waals surface area contributed by atoms with Crippen LogP contribution in [0.2, 0.25) is 0 Å². The molecule has 0 radical (unpaired) electrons. The number of ether oxygens (including phenoxy) is 8. The molecule has 3 aliphatic rings. The molecule has 4 aromatic carbocycles. The van der Waals surface area contributed by atoms with Gasteiger partial charge in [0.1, 0.15) is 12.7 Å². The topological polar surface area (TPSA) is 162 Å². The quantitative estimate of drug-likeness (QED) is 0.0822. The molecule has 13 nitrogen and oxygen atoms in total. The standard InChI is InChI=1S/C49H52O13/c1-32-29-48(56-27-28-57-48)31-47(3,4)49(32,54)26-25-33(2)58-46-41(62-45(53)37-23-15-8-16-24-37)40(61-44(52)36-21-13-7-14-22-36)39(60-43(51)35-19-11-6-12-20-35)38(59-46)30-55-42(50)34-17-9-5-10-18-34/h5-26,32-33,38-41,46,54H,27-31H2,1-4H3. The van der Waals surface area contributed by atoms with Gasteiger partial charge in [-0.05, 0) is 61.4 Å². The molecule has 2 aliphatic heterocycles. The van der Waals surface area contributed by atoms with Gasteiger partial charge < -0.3 is 43.0 Å². The molecule has 8 unspecified atom stereocenters. The first-order valence-corrected chi connectivity index (χ1v) is 20.8. The van der Waals surface area contributed by atoms with Crippen molar-refractivity contribution in [2.75, 3.05) is 19.8 Å². The molecular weight excluding hydrogens is 797 g/mol. The molecule has 1 aliphatic carbocycles. The van der Waals surface area contributed by atoms with E-state index in [0.717, 1.165) is 0 Å². The molecule has 3 fully saturated rings. The Morgan fingerprint density at radius 3 is 1.58 bits per heavy atom. The monoisotopic (exact) mass is 848 g/mol.